The fraction of sp³-hybridized carbons (Fsp3) is 0.200. The summed E-state index contributed by atoms with van der Waals surface area (Å²) in [5.41, 5.74) is 0.534. The Bertz CT molecular complexity index is 1320. The number of methoxy groups -OCH3 is 3. The van der Waals surface area contributed by atoms with E-state index in [1.54, 1.807) is 18.2 Å². The maximum absolute atomic E-state index is 13.3. The first-order chi connectivity index (χ1) is 16.8. The maximum atomic E-state index is 13.3. The highest BCUT2D eigenvalue weighted by molar-refractivity contribution is 7.09. The molecule has 7 nitrogen and oxygen atoms in total. The first kappa shape index (κ1) is 24.9. The number of halogens is 2. The number of Topliss-reactive ketones (excluding diaryl/α,β-unsaturated/α-hetero) is 1. The first-order valence-electron chi connectivity index (χ1n) is 10.4. The number of hydrogen-bond donors (Lipinski definition) is 1. The Labute approximate surface area is 216 Å². The van der Waals surface area contributed by atoms with Gasteiger partial charge in [-0.05, 0) is 41.3 Å². The Morgan fingerprint density at radius 2 is 1.77 bits per heavy atom. The number of aliphatic hydroxyl groups is 1. The highest BCUT2D eigenvalue weighted by Gasteiger charge is 2.46. The van der Waals surface area contributed by atoms with E-state index in [1.807, 2.05) is 17.5 Å². The van der Waals surface area contributed by atoms with Crippen LogP contribution in [0.2, 0.25) is 10.0 Å². The third kappa shape index (κ3) is 4.57. The number of likely N-dealkylation sites (tertiary alicyclic amines) is 1. The minimum absolute atomic E-state index is 0.101. The molecule has 10 heteroatoms. The molecule has 1 N–H and O–H groups in total. The molecule has 0 aliphatic carbocycles. The SMILES string of the molecule is COc1ccc(C2/C(=C(\O)c3cc(Cl)cc(Cl)c3OC)C(=O)C(=O)N2Cc2cccs2)cc1OC. The van der Waals surface area contributed by atoms with Gasteiger partial charge in [0.25, 0.3) is 11.7 Å². The summed E-state index contributed by atoms with van der Waals surface area (Å²) in [6.45, 7) is 0.172. The third-order valence-corrected chi connectivity index (χ3v) is 7.00. The van der Waals surface area contributed by atoms with Gasteiger partial charge in [0.1, 0.15) is 11.5 Å². The number of ether oxygens (including phenoxy) is 3. The summed E-state index contributed by atoms with van der Waals surface area (Å²) >= 11 is 13.9. The molecular formula is C25H21Cl2NO6S. The summed E-state index contributed by atoms with van der Waals surface area (Å²) in [5, 5.41) is 13.7. The number of ketones is 1. The van der Waals surface area contributed by atoms with Crippen LogP contribution >= 0.6 is 34.5 Å². The van der Waals surface area contributed by atoms with Crippen molar-refractivity contribution in [2.24, 2.45) is 0 Å². The molecule has 0 spiro atoms. The molecule has 2 aromatic carbocycles. The molecule has 35 heavy (non-hydrogen) atoms. The van der Waals surface area contributed by atoms with E-state index in [1.165, 1.54) is 49.7 Å². The van der Waals surface area contributed by atoms with Crippen molar-refractivity contribution in [3.63, 3.8) is 0 Å². The largest absolute Gasteiger partial charge is 0.507 e. The number of hydrogen-bond acceptors (Lipinski definition) is 7. The molecule has 0 bridgehead atoms. The third-order valence-electron chi connectivity index (χ3n) is 5.64. The number of carbonyl (C=O) groups excluding carboxylic acids is 2. The van der Waals surface area contributed by atoms with Crippen molar-refractivity contribution in [3.8, 4) is 17.2 Å². The zero-order valence-electron chi connectivity index (χ0n) is 19.0. The summed E-state index contributed by atoms with van der Waals surface area (Å²) in [4.78, 5) is 28.8. The number of benzene rings is 2. The molecule has 1 amide bonds. The van der Waals surface area contributed by atoms with E-state index in [9.17, 15) is 14.7 Å². The molecule has 1 aromatic heterocycles. The standard InChI is InChI=1S/C25H21Cl2NO6S/c1-32-18-7-6-13(9-19(18)33-2)21-20(22(29)16-10-14(26)11-17(27)24(16)34-3)23(30)25(31)28(21)12-15-5-4-8-35-15/h4-11,21,29H,12H2,1-3H3/b22-20+. The van der Waals surface area contributed by atoms with Gasteiger partial charge in [-0.25, -0.2) is 0 Å². The smallest absolute Gasteiger partial charge is 0.295 e. The number of aliphatic hydroxyl groups excluding tert-OH is 1. The zero-order chi connectivity index (χ0) is 25.3. The van der Waals surface area contributed by atoms with Crippen molar-refractivity contribution in [1.29, 1.82) is 0 Å². The molecule has 1 unspecified atom stereocenters. The molecule has 0 radical (unpaired) electrons. The van der Waals surface area contributed by atoms with Gasteiger partial charge in [0.15, 0.2) is 11.5 Å². The predicted molar refractivity (Wildman–Crippen MR) is 135 cm³/mol. The molecule has 1 aliphatic heterocycles. The van der Waals surface area contributed by atoms with E-state index in [4.69, 9.17) is 37.4 Å². The first-order valence-corrected chi connectivity index (χ1v) is 12.0. The summed E-state index contributed by atoms with van der Waals surface area (Å²) < 4.78 is 16.1. The van der Waals surface area contributed by atoms with Crippen LogP contribution < -0.4 is 14.2 Å². The zero-order valence-corrected chi connectivity index (χ0v) is 21.3. The molecule has 1 fully saturated rings. The van der Waals surface area contributed by atoms with Gasteiger partial charge in [-0.15, -0.1) is 11.3 Å². The van der Waals surface area contributed by atoms with E-state index in [-0.39, 0.29) is 33.5 Å². The van der Waals surface area contributed by atoms with E-state index in [2.05, 4.69) is 0 Å². The van der Waals surface area contributed by atoms with Crippen LogP contribution in [-0.2, 0) is 16.1 Å². The Hall–Kier alpha value is -3.20. The summed E-state index contributed by atoms with van der Waals surface area (Å²) in [6.07, 6.45) is 0. The second kappa shape index (κ2) is 10.2. The van der Waals surface area contributed by atoms with Crippen LogP contribution in [0, 0.1) is 0 Å². The maximum Gasteiger partial charge on any atom is 0.295 e. The Morgan fingerprint density at radius 3 is 2.40 bits per heavy atom. The molecule has 4 rings (SSSR count). The lowest BCUT2D eigenvalue weighted by Gasteiger charge is -2.25. The van der Waals surface area contributed by atoms with Crippen molar-refractivity contribution in [3.05, 3.63) is 79.5 Å². The average molecular weight is 534 g/mol. The van der Waals surface area contributed by atoms with E-state index >= 15 is 0 Å². The predicted octanol–water partition coefficient (Wildman–Crippen LogP) is 5.70. The van der Waals surface area contributed by atoms with Crippen molar-refractivity contribution in [1.82, 2.24) is 4.90 Å². The Balaban J connectivity index is 1.96. The van der Waals surface area contributed by atoms with Gasteiger partial charge in [-0.2, -0.15) is 0 Å². The summed E-state index contributed by atoms with van der Waals surface area (Å²) in [6, 6.07) is 10.8. The van der Waals surface area contributed by atoms with E-state index < -0.39 is 23.5 Å². The highest BCUT2D eigenvalue weighted by atomic mass is 35.5. The second-order valence-electron chi connectivity index (χ2n) is 7.59. The van der Waals surface area contributed by atoms with Gasteiger partial charge >= 0.3 is 0 Å². The van der Waals surface area contributed by atoms with Crippen LogP contribution in [0.1, 0.15) is 22.0 Å². The fourth-order valence-corrected chi connectivity index (χ4v) is 5.35. The minimum atomic E-state index is -0.917. The molecule has 182 valence electrons. The van der Waals surface area contributed by atoms with Gasteiger partial charge in [0.05, 0.1) is 50.1 Å². The van der Waals surface area contributed by atoms with Gasteiger partial charge in [0.2, 0.25) is 0 Å². The van der Waals surface area contributed by atoms with Gasteiger partial charge in [-0.3, -0.25) is 9.59 Å². The Kier molecular flexibility index (Phi) is 7.25. The molecular weight excluding hydrogens is 513 g/mol. The summed E-state index contributed by atoms with van der Waals surface area (Å²) in [7, 11) is 4.38. The quantitative estimate of drug-likeness (QED) is 0.238. The topological polar surface area (TPSA) is 85.3 Å². The number of amides is 1. The van der Waals surface area contributed by atoms with Crippen molar-refractivity contribution >= 4 is 52.0 Å². The van der Waals surface area contributed by atoms with Crippen LogP contribution in [0.5, 0.6) is 17.2 Å². The number of rotatable bonds is 7. The van der Waals surface area contributed by atoms with Gasteiger partial charge in [0, 0.05) is 9.90 Å². The van der Waals surface area contributed by atoms with Crippen LogP contribution in [0.4, 0.5) is 0 Å². The van der Waals surface area contributed by atoms with Crippen molar-refractivity contribution in [2.75, 3.05) is 21.3 Å². The van der Waals surface area contributed by atoms with Crippen LogP contribution in [-0.4, -0.2) is 43.0 Å². The van der Waals surface area contributed by atoms with Crippen LogP contribution in [0.3, 0.4) is 0 Å². The monoisotopic (exact) mass is 533 g/mol. The lowest BCUT2D eigenvalue weighted by molar-refractivity contribution is -0.140. The average Bonchev–Trinajstić information content (AvgIpc) is 3.45. The lowest BCUT2D eigenvalue weighted by Crippen LogP contribution is -2.28. The number of thiophene rings is 1. The lowest BCUT2D eigenvalue weighted by atomic mass is 9.94. The molecule has 1 atom stereocenters. The molecule has 0 saturated carbocycles. The molecule has 2 heterocycles. The van der Waals surface area contributed by atoms with Crippen molar-refractivity contribution in [2.45, 2.75) is 12.6 Å². The van der Waals surface area contributed by atoms with Gasteiger partial charge < -0.3 is 24.2 Å². The summed E-state index contributed by atoms with van der Waals surface area (Å²) in [5.74, 6) is -1.00. The van der Waals surface area contributed by atoms with E-state index in [0.717, 1.165) is 4.88 Å². The number of carbonyl (C=O) groups is 2. The normalized spacial score (nSPS) is 17.1. The van der Waals surface area contributed by atoms with E-state index in [0.29, 0.717) is 17.1 Å². The fourth-order valence-electron chi connectivity index (χ4n) is 4.07. The second-order valence-corrected chi connectivity index (χ2v) is 9.47. The number of nitrogens with zero attached hydrogens (tertiary/aromatic N) is 1. The van der Waals surface area contributed by atoms with Crippen molar-refractivity contribution < 1.29 is 28.9 Å². The van der Waals surface area contributed by atoms with Crippen LogP contribution in [0.15, 0.2) is 53.4 Å². The molecule has 1 saturated heterocycles. The molecule has 3 aromatic rings. The highest BCUT2D eigenvalue weighted by Crippen LogP contribution is 2.45. The molecule has 1 aliphatic rings. The van der Waals surface area contributed by atoms with Crippen LogP contribution in [0.25, 0.3) is 5.76 Å². The Morgan fingerprint density at radius 1 is 1.03 bits per heavy atom. The van der Waals surface area contributed by atoms with Gasteiger partial charge in [-0.1, -0.05) is 35.3 Å². The minimum Gasteiger partial charge on any atom is -0.507 e.